The van der Waals surface area contributed by atoms with Gasteiger partial charge in [0, 0.05) is 37.8 Å². The molecule has 0 fully saturated rings. The fourth-order valence-corrected chi connectivity index (χ4v) is 2.64. The number of aromatic nitrogens is 1. The van der Waals surface area contributed by atoms with Crippen LogP contribution < -0.4 is 10.6 Å². The molecule has 0 aliphatic rings. The van der Waals surface area contributed by atoms with E-state index in [1.54, 1.807) is 7.05 Å². The van der Waals surface area contributed by atoms with Gasteiger partial charge in [0.25, 0.3) is 0 Å². The van der Waals surface area contributed by atoms with Crippen LogP contribution in [0.3, 0.4) is 0 Å². The van der Waals surface area contributed by atoms with Crippen LogP contribution >= 0.6 is 24.0 Å². The second-order valence-electron chi connectivity index (χ2n) is 5.52. The van der Waals surface area contributed by atoms with Crippen molar-refractivity contribution in [3.63, 3.8) is 0 Å². The van der Waals surface area contributed by atoms with Gasteiger partial charge in [-0.3, -0.25) is 9.98 Å². The van der Waals surface area contributed by atoms with E-state index in [1.807, 2.05) is 26.1 Å². The predicted octanol–water partition coefficient (Wildman–Crippen LogP) is 1.54. The molecular formula is C15H27IN4O2S. The molecule has 0 aliphatic carbocycles. The van der Waals surface area contributed by atoms with Crippen LogP contribution in [-0.4, -0.2) is 51.0 Å². The number of nitrogens with zero attached hydrogens (tertiary/aromatic N) is 2. The van der Waals surface area contributed by atoms with Gasteiger partial charge in [0.15, 0.2) is 5.96 Å². The van der Waals surface area contributed by atoms with E-state index in [9.17, 15) is 8.42 Å². The van der Waals surface area contributed by atoms with E-state index < -0.39 is 9.84 Å². The van der Waals surface area contributed by atoms with Crippen LogP contribution in [-0.2, 0) is 16.3 Å². The number of halogens is 1. The maximum Gasteiger partial charge on any atom is 0.191 e. The zero-order chi connectivity index (χ0) is 16.6. The molecular weight excluding hydrogens is 427 g/mol. The van der Waals surface area contributed by atoms with Gasteiger partial charge >= 0.3 is 0 Å². The Hall–Kier alpha value is -0.900. The lowest BCUT2D eigenvalue weighted by Crippen LogP contribution is -2.43. The Labute approximate surface area is 156 Å². The number of nitrogens with one attached hydrogen (secondary N) is 2. The average molecular weight is 454 g/mol. The lowest BCUT2D eigenvalue weighted by Gasteiger charge is -2.17. The molecule has 132 valence electrons. The zero-order valence-corrected chi connectivity index (χ0v) is 17.3. The molecule has 0 aliphatic heterocycles. The van der Waals surface area contributed by atoms with Crippen LogP contribution in [0.4, 0.5) is 0 Å². The molecule has 2 N–H and O–H groups in total. The minimum atomic E-state index is -2.93. The highest BCUT2D eigenvalue weighted by molar-refractivity contribution is 14.0. The minimum Gasteiger partial charge on any atom is -0.356 e. The molecule has 0 aromatic carbocycles. The lowest BCUT2D eigenvalue weighted by molar-refractivity contribution is 0.581. The predicted molar refractivity (Wildman–Crippen MR) is 106 cm³/mol. The van der Waals surface area contributed by atoms with Crippen molar-refractivity contribution in [2.24, 2.45) is 4.99 Å². The quantitative estimate of drug-likeness (QED) is 0.371. The van der Waals surface area contributed by atoms with Gasteiger partial charge in [-0.1, -0.05) is 6.07 Å². The number of aryl methyl sites for hydroxylation is 1. The van der Waals surface area contributed by atoms with E-state index in [0.29, 0.717) is 12.4 Å². The zero-order valence-electron chi connectivity index (χ0n) is 14.2. The minimum absolute atomic E-state index is 0. The van der Waals surface area contributed by atoms with Gasteiger partial charge < -0.3 is 10.6 Å². The standard InChI is InChI=1S/C15H26N4O2S.HI/c1-12-5-6-14(11-18-12)7-9-17-15(16-3)19-13(2)8-10-22(4,20)21;/h5-6,11,13H,7-10H2,1-4H3,(H2,16,17,19);1H. The Bertz CT molecular complexity index is 588. The van der Waals surface area contributed by atoms with Crippen molar-refractivity contribution in [3.8, 4) is 0 Å². The molecule has 1 aromatic heterocycles. The smallest absolute Gasteiger partial charge is 0.191 e. The van der Waals surface area contributed by atoms with Crippen molar-refractivity contribution >= 4 is 39.8 Å². The molecule has 0 spiro atoms. The van der Waals surface area contributed by atoms with Gasteiger partial charge in [-0.05, 0) is 38.3 Å². The molecule has 0 radical (unpaired) electrons. The van der Waals surface area contributed by atoms with Crippen molar-refractivity contribution in [3.05, 3.63) is 29.6 Å². The Morgan fingerprint density at radius 3 is 2.61 bits per heavy atom. The van der Waals surface area contributed by atoms with Crippen LogP contribution in [0.1, 0.15) is 24.6 Å². The van der Waals surface area contributed by atoms with Gasteiger partial charge in [0.05, 0.1) is 5.75 Å². The molecule has 0 saturated carbocycles. The van der Waals surface area contributed by atoms with Gasteiger partial charge in [-0.25, -0.2) is 8.42 Å². The largest absolute Gasteiger partial charge is 0.356 e. The summed E-state index contributed by atoms with van der Waals surface area (Å²) in [5.41, 5.74) is 2.17. The summed E-state index contributed by atoms with van der Waals surface area (Å²) < 4.78 is 22.3. The maximum atomic E-state index is 11.2. The molecule has 6 nitrogen and oxygen atoms in total. The van der Waals surface area contributed by atoms with Crippen molar-refractivity contribution in [1.29, 1.82) is 0 Å². The molecule has 0 saturated heterocycles. The highest BCUT2D eigenvalue weighted by Gasteiger charge is 2.09. The van der Waals surface area contributed by atoms with E-state index in [2.05, 4.69) is 26.7 Å². The monoisotopic (exact) mass is 454 g/mol. The second kappa shape index (κ2) is 10.8. The molecule has 1 heterocycles. The average Bonchev–Trinajstić information content (AvgIpc) is 2.45. The Morgan fingerprint density at radius 1 is 1.39 bits per heavy atom. The van der Waals surface area contributed by atoms with Crippen molar-refractivity contribution in [2.45, 2.75) is 32.7 Å². The third-order valence-electron chi connectivity index (χ3n) is 3.21. The summed E-state index contributed by atoms with van der Waals surface area (Å²) in [6.45, 7) is 4.65. The van der Waals surface area contributed by atoms with E-state index in [1.165, 1.54) is 11.8 Å². The van der Waals surface area contributed by atoms with Gasteiger partial charge in [-0.15, -0.1) is 24.0 Å². The molecule has 0 amide bonds. The first-order chi connectivity index (χ1) is 10.3. The fourth-order valence-electron chi connectivity index (χ4n) is 1.86. The SMILES string of the molecule is CN=C(NCCc1ccc(C)nc1)NC(C)CCS(C)(=O)=O.I. The van der Waals surface area contributed by atoms with Crippen molar-refractivity contribution in [2.75, 3.05) is 25.6 Å². The number of hydrogen-bond donors (Lipinski definition) is 2. The number of pyridine rings is 1. The molecule has 23 heavy (non-hydrogen) atoms. The third kappa shape index (κ3) is 10.5. The van der Waals surface area contributed by atoms with Crippen molar-refractivity contribution < 1.29 is 8.42 Å². The Kier molecular flexibility index (Phi) is 10.4. The van der Waals surface area contributed by atoms with Gasteiger partial charge in [0.2, 0.25) is 0 Å². The highest BCUT2D eigenvalue weighted by Crippen LogP contribution is 1.99. The molecule has 1 rings (SSSR count). The van der Waals surface area contributed by atoms with Gasteiger partial charge in [-0.2, -0.15) is 0 Å². The summed E-state index contributed by atoms with van der Waals surface area (Å²) in [6, 6.07) is 4.10. The van der Waals surface area contributed by atoms with Crippen LogP contribution in [0.5, 0.6) is 0 Å². The summed E-state index contributed by atoms with van der Waals surface area (Å²) in [4.78, 5) is 8.41. The van der Waals surface area contributed by atoms with Crippen molar-refractivity contribution in [1.82, 2.24) is 15.6 Å². The summed E-state index contributed by atoms with van der Waals surface area (Å²) in [7, 11) is -1.23. The summed E-state index contributed by atoms with van der Waals surface area (Å²) in [6.07, 6.45) is 4.54. The first-order valence-electron chi connectivity index (χ1n) is 7.36. The third-order valence-corrected chi connectivity index (χ3v) is 4.18. The topological polar surface area (TPSA) is 83.4 Å². The fraction of sp³-hybridized carbons (Fsp3) is 0.600. The van der Waals surface area contributed by atoms with Crippen LogP contribution in [0.25, 0.3) is 0 Å². The molecule has 1 unspecified atom stereocenters. The summed E-state index contributed by atoms with van der Waals surface area (Å²) >= 11 is 0. The number of rotatable bonds is 7. The number of guanidine groups is 1. The molecule has 8 heteroatoms. The summed E-state index contributed by atoms with van der Waals surface area (Å²) in [5.74, 6) is 0.855. The van der Waals surface area contributed by atoms with E-state index in [4.69, 9.17) is 0 Å². The first kappa shape index (κ1) is 22.1. The summed E-state index contributed by atoms with van der Waals surface area (Å²) in [5, 5.41) is 6.42. The molecule has 0 bridgehead atoms. The number of aliphatic imine (C=N–C) groups is 1. The maximum absolute atomic E-state index is 11.2. The lowest BCUT2D eigenvalue weighted by atomic mass is 10.2. The Morgan fingerprint density at radius 2 is 2.09 bits per heavy atom. The van der Waals surface area contributed by atoms with E-state index in [-0.39, 0.29) is 35.8 Å². The number of sulfone groups is 1. The van der Waals surface area contributed by atoms with Crippen LogP contribution in [0, 0.1) is 6.92 Å². The molecule has 1 atom stereocenters. The second-order valence-corrected chi connectivity index (χ2v) is 7.78. The van der Waals surface area contributed by atoms with Gasteiger partial charge in [0.1, 0.15) is 9.84 Å². The van der Waals surface area contributed by atoms with E-state index >= 15 is 0 Å². The highest BCUT2D eigenvalue weighted by atomic mass is 127. The van der Waals surface area contributed by atoms with Crippen LogP contribution in [0.15, 0.2) is 23.3 Å². The number of hydrogen-bond acceptors (Lipinski definition) is 4. The van der Waals surface area contributed by atoms with Crippen LogP contribution in [0.2, 0.25) is 0 Å². The molecule has 1 aromatic rings. The van der Waals surface area contributed by atoms with E-state index in [0.717, 1.165) is 18.7 Å². The normalized spacial score (nSPS) is 13.1. The Balaban J connectivity index is 0.00000484. The first-order valence-corrected chi connectivity index (χ1v) is 9.42.